The van der Waals surface area contributed by atoms with Gasteiger partial charge in [0.25, 0.3) is 0 Å². The minimum atomic E-state index is 0. The Hall–Kier alpha value is -2.50. The van der Waals surface area contributed by atoms with Crippen molar-refractivity contribution in [3.63, 3.8) is 0 Å². The van der Waals surface area contributed by atoms with Crippen molar-refractivity contribution in [2.45, 2.75) is 6.92 Å². The van der Waals surface area contributed by atoms with Gasteiger partial charge in [0, 0.05) is 65.4 Å². The van der Waals surface area contributed by atoms with Crippen LogP contribution >= 0.6 is 11.6 Å². The first-order valence-corrected chi connectivity index (χ1v) is 12.7. The van der Waals surface area contributed by atoms with Gasteiger partial charge < -0.3 is 11.5 Å². The van der Waals surface area contributed by atoms with Crippen LogP contribution in [0.4, 0.5) is 0 Å². The topological polar surface area (TPSA) is 99.6 Å². The maximum atomic E-state index is 8.92. The Morgan fingerprint density at radius 3 is 1.31 bits per heavy atom. The van der Waals surface area contributed by atoms with Gasteiger partial charge >= 0.3 is 0 Å². The summed E-state index contributed by atoms with van der Waals surface area (Å²) in [5, 5.41) is 18.4. The molecular weight excluding hydrogens is 690 g/mol. The van der Waals surface area contributed by atoms with Gasteiger partial charge in [0.2, 0.25) is 0 Å². The summed E-state index contributed by atoms with van der Waals surface area (Å²) in [6, 6.07) is 40.7. The van der Waals surface area contributed by atoms with Crippen molar-refractivity contribution in [2.75, 3.05) is 13.1 Å². The third kappa shape index (κ3) is 17.5. The van der Waals surface area contributed by atoms with Crippen LogP contribution in [0.15, 0.2) is 121 Å². The van der Waals surface area contributed by atoms with Crippen LogP contribution in [0.3, 0.4) is 0 Å². The molecule has 0 saturated heterocycles. The summed E-state index contributed by atoms with van der Waals surface area (Å²) >= 11 is 5.25. The summed E-state index contributed by atoms with van der Waals surface area (Å²) in [6.07, 6.45) is 3.52. The molecule has 0 aliphatic heterocycles. The van der Waals surface area contributed by atoms with Crippen LogP contribution < -0.4 is 11.5 Å². The standard InChI is InChI=1S/2C13H8N.C5H10N.C4H7ClN.2Y/c2*14-10-12-8-4-5-9-13(12)11-6-2-1-3-7-11;1-5(2)3-4-6;1-4(5)2-3-6;;/h2*2-9H;3H,1,4,6H2,2H3;2H,1,3,6H2;;/q4*-1;;. The second kappa shape index (κ2) is 26.1. The van der Waals surface area contributed by atoms with Gasteiger partial charge in [-0.3, -0.25) is 0 Å². The molecule has 210 valence electrons. The summed E-state index contributed by atoms with van der Waals surface area (Å²) in [5.74, 6) is 0. The molecule has 0 unspecified atom stereocenters. The summed E-state index contributed by atoms with van der Waals surface area (Å²) in [7, 11) is 0. The van der Waals surface area contributed by atoms with Gasteiger partial charge in [-0.1, -0.05) is 56.4 Å². The fourth-order valence-corrected chi connectivity index (χ4v) is 3.22. The minimum Gasteiger partial charge on any atom is -0.343 e. The third-order valence-electron chi connectivity index (χ3n) is 4.96. The van der Waals surface area contributed by atoms with Crippen molar-refractivity contribution in [1.29, 1.82) is 10.5 Å². The molecule has 0 aliphatic carbocycles. The predicted octanol–water partition coefficient (Wildman–Crippen LogP) is 7.67. The Morgan fingerprint density at radius 1 is 0.714 bits per heavy atom. The summed E-state index contributed by atoms with van der Waals surface area (Å²) in [5.41, 5.74) is 16.7. The molecule has 0 fully saturated rings. The van der Waals surface area contributed by atoms with Gasteiger partial charge in [-0.2, -0.15) is 77.6 Å². The number of nitriles is 2. The maximum Gasteiger partial charge on any atom is 0.0997 e. The Labute approximate surface area is 307 Å². The Kier molecular flexibility index (Phi) is 25.9. The molecule has 0 aliphatic rings. The largest absolute Gasteiger partial charge is 0.343 e. The van der Waals surface area contributed by atoms with E-state index in [1.807, 2.05) is 110 Å². The molecule has 0 aromatic heterocycles. The summed E-state index contributed by atoms with van der Waals surface area (Å²) in [6.45, 7) is 9.99. The van der Waals surface area contributed by atoms with Crippen molar-refractivity contribution in [3.8, 4) is 34.4 Å². The third-order valence-corrected chi connectivity index (χ3v) is 5.11. The van der Waals surface area contributed by atoms with E-state index in [2.05, 4.69) is 37.4 Å². The van der Waals surface area contributed by atoms with Gasteiger partial charge in [-0.25, -0.2) is 25.2 Å². The van der Waals surface area contributed by atoms with Crippen molar-refractivity contribution < 1.29 is 65.4 Å². The van der Waals surface area contributed by atoms with E-state index in [-0.39, 0.29) is 65.4 Å². The van der Waals surface area contributed by atoms with E-state index in [9.17, 15) is 0 Å². The first-order chi connectivity index (χ1) is 19.4. The Morgan fingerprint density at radius 2 is 1.07 bits per heavy atom. The van der Waals surface area contributed by atoms with Crippen molar-refractivity contribution in [2.24, 2.45) is 11.5 Å². The van der Waals surface area contributed by atoms with E-state index in [0.717, 1.165) is 27.8 Å². The maximum absolute atomic E-state index is 8.92. The van der Waals surface area contributed by atoms with E-state index in [0.29, 0.717) is 29.2 Å². The van der Waals surface area contributed by atoms with Gasteiger partial charge in [-0.05, 0) is 23.3 Å². The second-order valence-corrected chi connectivity index (χ2v) is 8.55. The van der Waals surface area contributed by atoms with Crippen LogP contribution in [0, 0.1) is 47.6 Å². The van der Waals surface area contributed by atoms with E-state index >= 15 is 0 Å². The number of hydrogen-bond donors (Lipinski definition) is 2. The summed E-state index contributed by atoms with van der Waals surface area (Å²) in [4.78, 5) is 0. The van der Waals surface area contributed by atoms with E-state index in [4.69, 9.17) is 33.6 Å². The number of nitrogens with two attached hydrogens (primary N) is 2. The first-order valence-electron chi connectivity index (χ1n) is 12.4. The van der Waals surface area contributed by atoms with E-state index < -0.39 is 0 Å². The van der Waals surface area contributed by atoms with Gasteiger partial charge in [0.05, 0.1) is 23.3 Å². The Balaban J connectivity index is 0. The number of halogens is 1. The van der Waals surface area contributed by atoms with Crippen LogP contribution in [-0.4, -0.2) is 13.1 Å². The molecule has 42 heavy (non-hydrogen) atoms. The Bertz CT molecular complexity index is 1290. The second-order valence-electron chi connectivity index (χ2n) is 8.06. The van der Waals surface area contributed by atoms with Crippen LogP contribution in [0.2, 0.25) is 0 Å². The van der Waals surface area contributed by atoms with Gasteiger partial charge in [0.15, 0.2) is 0 Å². The summed E-state index contributed by atoms with van der Waals surface area (Å²) < 4.78 is 0. The molecule has 7 heteroatoms. The van der Waals surface area contributed by atoms with Crippen molar-refractivity contribution >= 4 is 11.6 Å². The van der Waals surface area contributed by atoms with Gasteiger partial charge in [0.1, 0.15) is 0 Å². The molecule has 4 rings (SSSR count). The average molecular weight is 723 g/mol. The molecule has 4 aromatic rings. The monoisotopic (exact) mass is 722 g/mol. The van der Waals surface area contributed by atoms with Crippen LogP contribution in [0.1, 0.15) is 18.1 Å². The SMILES string of the molecule is C=C(C)[CH-]CN.C=C(Cl)[CH-]CN.N#Cc1ccccc1-c1cc[c-]cc1.N#Cc1ccccc1-c1cc[c-]cc1.[Y].[Y]. The molecular formula is C35H33ClN4Y2-4. The quantitative estimate of drug-likeness (QED) is 0.200. The van der Waals surface area contributed by atoms with E-state index in [1.165, 1.54) is 0 Å². The van der Waals surface area contributed by atoms with Crippen molar-refractivity contribution in [3.05, 3.63) is 157 Å². The molecule has 2 radical (unpaired) electrons. The predicted molar refractivity (Wildman–Crippen MR) is 167 cm³/mol. The normalized spacial score (nSPS) is 8.43. The smallest absolute Gasteiger partial charge is 0.0997 e. The molecule has 0 saturated carbocycles. The van der Waals surface area contributed by atoms with Crippen LogP contribution in [0.25, 0.3) is 22.3 Å². The number of nitrogens with zero attached hydrogens (tertiary/aromatic N) is 2. The molecule has 0 amide bonds. The minimum absolute atomic E-state index is 0. The molecule has 4 aromatic carbocycles. The number of benzene rings is 4. The number of hydrogen-bond acceptors (Lipinski definition) is 4. The van der Waals surface area contributed by atoms with Crippen molar-refractivity contribution in [1.82, 2.24) is 0 Å². The van der Waals surface area contributed by atoms with Crippen LogP contribution in [0.5, 0.6) is 0 Å². The molecule has 0 bridgehead atoms. The fourth-order valence-electron chi connectivity index (χ4n) is 3.13. The van der Waals surface area contributed by atoms with E-state index in [1.54, 1.807) is 6.42 Å². The molecule has 4 N–H and O–H groups in total. The molecule has 0 heterocycles. The van der Waals surface area contributed by atoms with Crippen LogP contribution in [-0.2, 0) is 65.4 Å². The molecule has 0 atom stereocenters. The fraction of sp³-hybridized carbons (Fsp3) is 0.0857. The molecule has 4 nitrogen and oxygen atoms in total. The van der Waals surface area contributed by atoms with Gasteiger partial charge in [-0.15, -0.1) is 27.8 Å². The first kappa shape index (κ1) is 41.6. The number of rotatable bonds is 6. The average Bonchev–Trinajstić information content (AvgIpc) is 2.99. The molecule has 0 spiro atoms. The zero-order chi connectivity index (χ0) is 29.6. The zero-order valence-electron chi connectivity index (χ0n) is 23.8. The zero-order valence-corrected chi connectivity index (χ0v) is 30.2.